The van der Waals surface area contributed by atoms with E-state index in [1.165, 1.54) is 24.3 Å². The maximum Gasteiger partial charge on any atom is 0.321 e. The molecule has 1 aliphatic rings. The predicted octanol–water partition coefficient (Wildman–Crippen LogP) is 2.54. The molecule has 2 amide bonds. The SMILES string of the molecule is Cn1ccnc1C(O)C1CCCN(C(=O)Nc2ccc(F)cc2)C1. The maximum absolute atomic E-state index is 12.9. The zero-order valence-corrected chi connectivity index (χ0v) is 13.5. The average Bonchev–Trinajstić information content (AvgIpc) is 3.02. The third-order valence-corrected chi connectivity index (χ3v) is 4.41. The van der Waals surface area contributed by atoms with E-state index in [1.807, 2.05) is 7.05 Å². The van der Waals surface area contributed by atoms with Crippen molar-refractivity contribution in [3.63, 3.8) is 0 Å². The quantitative estimate of drug-likeness (QED) is 0.907. The van der Waals surface area contributed by atoms with Gasteiger partial charge in [0.05, 0.1) is 0 Å². The zero-order chi connectivity index (χ0) is 17.1. The number of urea groups is 1. The second-order valence-electron chi connectivity index (χ2n) is 6.13. The molecule has 1 fully saturated rings. The molecule has 2 aromatic rings. The number of carbonyl (C=O) groups excluding carboxylic acids is 1. The van der Waals surface area contributed by atoms with Crippen molar-refractivity contribution in [3.8, 4) is 0 Å². The number of aryl methyl sites for hydroxylation is 1. The van der Waals surface area contributed by atoms with Gasteiger partial charge in [-0.05, 0) is 37.1 Å². The van der Waals surface area contributed by atoms with E-state index in [-0.39, 0.29) is 17.8 Å². The van der Waals surface area contributed by atoms with E-state index in [0.29, 0.717) is 24.6 Å². The van der Waals surface area contributed by atoms with Gasteiger partial charge >= 0.3 is 6.03 Å². The van der Waals surface area contributed by atoms with Crippen LogP contribution in [0.25, 0.3) is 0 Å². The van der Waals surface area contributed by atoms with Gasteiger partial charge in [0, 0.05) is 44.1 Å². The number of anilines is 1. The Hall–Kier alpha value is -2.41. The minimum atomic E-state index is -0.702. The monoisotopic (exact) mass is 332 g/mol. The number of amides is 2. The molecule has 24 heavy (non-hydrogen) atoms. The lowest BCUT2D eigenvalue weighted by molar-refractivity contribution is 0.0552. The van der Waals surface area contributed by atoms with E-state index in [2.05, 4.69) is 10.3 Å². The van der Waals surface area contributed by atoms with Crippen molar-refractivity contribution < 1.29 is 14.3 Å². The Kier molecular flexibility index (Phi) is 4.80. The summed E-state index contributed by atoms with van der Waals surface area (Å²) >= 11 is 0. The van der Waals surface area contributed by atoms with Gasteiger partial charge in [0.25, 0.3) is 0 Å². The van der Waals surface area contributed by atoms with Gasteiger partial charge in [0.2, 0.25) is 0 Å². The van der Waals surface area contributed by atoms with E-state index in [1.54, 1.807) is 21.9 Å². The minimum Gasteiger partial charge on any atom is -0.385 e. The number of likely N-dealkylation sites (tertiary alicyclic amines) is 1. The standard InChI is InChI=1S/C17H21FN4O2/c1-21-10-8-19-16(21)15(23)12-3-2-9-22(11-12)17(24)20-14-6-4-13(18)5-7-14/h4-8,10,12,15,23H,2-3,9,11H2,1H3,(H,20,24). The highest BCUT2D eigenvalue weighted by Gasteiger charge is 2.31. The Morgan fingerprint density at radius 1 is 1.42 bits per heavy atom. The van der Waals surface area contributed by atoms with Crippen LogP contribution < -0.4 is 5.32 Å². The van der Waals surface area contributed by atoms with E-state index in [4.69, 9.17) is 0 Å². The summed E-state index contributed by atoms with van der Waals surface area (Å²) in [5.74, 6) is 0.212. The Labute approximate surface area is 139 Å². The summed E-state index contributed by atoms with van der Waals surface area (Å²) in [6, 6.07) is 5.42. The van der Waals surface area contributed by atoms with Crippen LogP contribution in [0.4, 0.5) is 14.9 Å². The maximum atomic E-state index is 12.9. The number of hydrogen-bond donors (Lipinski definition) is 2. The van der Waals surface area contributed by atoms with Gasteiger partial charge in [-0.3, -0.25) is 0 Å². The predicted molar refractivity (Wildman–Crippen MR) is 87.9 cm³/mol. The molecule has 2 heterocycles. The molecule has 0 aliphatic carbocycles. The highest BCUT2D eigenvalue weighted by molar-refractivity contribution is 5.89. The largest absolute Gasteiger partial charge is 0.385 e. The van der Waals surface area contributed by atoms with E-state index < -0.39 is 6.10 Å². The number of nitrogens with one attached hydrogen (secondary N) is 1. The van der Waals surface area contributed by atoms with Gasteiger partial charge in [-0.25, -0.2) is 14.2 Å². The first-order valence-corrected chi connectivity index (χ1v) is 8.01. The Morgan fingerprint density at radius 3 is 2.83 bits per heavy atom. The Balaban J connectivity index is 1.63. The number of aromatic nitrogens is 2. The number of rotatable bonds is 3. The van der Waals surface area contributed by atoms with Gasteiger partial charge in [-0.15, -0.1) is 0 Å². The molecule has 0 radical (unpaired) electrons. The van der Waals surface area contributed by atoms with Crippen LogP contribution >= 0.6 is 0 Å². The number of halogens is 1. The fourth-order valence-corrected chi connectivity index (χ4v) is 3.06. The van der Waals surface area contributed by atoms with Crippen molar-refractivity contribution >= 4 is 11.7 Å². The van der Waals surface area contributed by atoms with Crippen LogP contribution in [0.2, 0.25) is 0 Å². The van der Waals surface area contributed by atoms with Crippen molar-refractivity contribution in [2.75, 3.05) is 18.4 Å². The number of aliphatic hydroxyl groups is 1. The summed E-state index contributed by atoms with van der Waals surface area (Å²) in [6.45, 7) is 1.10. The molecule has 1 aromatic heterocycles. The summed E-state index contributed by atoms with van der Waals surface area (Å²) in [6.07, 6.45) is 4.41. The number of nitrogens with zero attached hydrogens (tertiary/aromatic N) is 3. The summed E-state index contributed by atoms with van der Waals surface area (Å²) < 4.78 is 14.7. The van der Waals surface area contributed by atoms with Gasteiger partial charge in [-0.1, -0.05) is 0 Å². The first-order chi connectivity index (χ1) is 11.5. The molecule has 1 aromatic carbocycles. The second kappa shape index (κ2) is 7.00. The number of piperidine rings is 1. The van der Waals surface area contributed by atoms with Crippen molar-refractivity contribution in [3.05, 3.63) is 48.3 Å². The molecule has 128 valence electrons. The third-order valence-electron chi connectivity index (χ3n) is 4.41. The van der Waals surface area contributed by atoms with Crippen molar-refractivity contribution in [1.82, 2.24) is 14.5 Å². The van der Waals surface area contributed by atoms with Gasteiger partial charge in [0.15, 0.2) is 0 Å². The Bertz CT molecular complexity index is 701. The van der Waals surface area contributed by atoms with Crippen LogP contribution in [0.1, 0.15) is 24.8 Å². The van der Waals surface area contributed by atoms with Gasteiger partial charge in [0.1, 0.15) is 17.7 Å². The zero-order valence-electron chi connectivity index (χ0n) is 13.5. The van der Waals surface area contributed by atoms with Crippen molar-refractivity contribution in [2.45, 2.75) is 18.9 Å². The third kappa shape index (κ3) is 3.56. The molecule has 7 heteroatoms. The van der Waals surface area contributed by atoms with Crippen LogP contribution in [0.15, 0.2) is 36.7 Å². The molecule has 3 rings (SSSR count). The lowest BCUT2D eigenvalue weighted by atomic mass is 9.92. The minimum absolute atomic E-state index is 0.0567. The van der Waals surface area contributed by atoms with E-state index >= 15 is 0 Å². The molecule has 2 N–H and O–H groups in total. The molecule has 0 bridgehead atoms. The first-order valence-electron chi connectivity index (χ1n) is 8.01. The second-order valence-corrected chi connectivity index (χ2v) is 6.13. The molecule has 2 atom stereocenters. The highest BCUT2D eigenvalue weighted by atomic mass is 19.1. The van der Waals surface area contributed by atoms with E-state index in [9.17, 15) is 14.3 Å². The fraction of sp³-hybridized carbons (Fsp3) is 0.412. The normalized spacial score (nSPS) is 19.1. The smallest absolute Gasteiger partial charge is 0.321 e. The first kappa shape index (κ1) is 16.4. The molecular weight excluding hydrogens is 311 g/mol. The number of imidazole rings is 1. The van der Waals surface area contributed by atoms with E-state index in [0.717, 1.165) is 12.8 Å². The number of hydrogen-bond acceptors (Lipinski definition) is 3. The van der Waals surface area contributed by atoms with Gasteiger partial charge < -0.3 is 19.9 Å². The highest BCUT2D eigenvalue weighted by Crippen LogP contribution is 2.29. The van der Waals surface area contributed by atoms with Crippen LogP contribution in [-0.2, 0) is 7.05 Å². The number of benzene rings is 1. The van der Waals surface area contributed by atoms with Gasteiger partial charge in [-0.2, -0.15) is 0 Å². The van der Waals surface area contributed by atoms with Crippen LogP contribution in [-0.4, -0.2) is 38.7 Å². The molecule has 0 spiro atoms. The average molecular weight is 332 g/mol. The topological polar surface area (TPSA) is 70.4 Å². The number of carbonyl (C=O) groups is 1. The summed E-state index contributed by atoms with van der Waals surface area (Å²) in [4.78, 5) is 18.3. The molecule has 1 saturated heterocycles. The Morgan fingerprint density at radius 2 is 2.17 bits per heavy atom. The van der Waals surface area contributed by atoms with Crippen LogP contribution in [0.3, 0.4) is 0 Å². The summed E-state index contributed by atoms with van der Waals surface area (Å²) in [5, 5.41) is 13.3. The van der Waals surface area contributed by atoms with Crippen LogP contribution in [0.5, 0.6) is 0 Å². The van der Waals surface area contributed by atoms with Crippen LogP contribution in [0, 0.1) is 11.7 Å². The lowest BCUT2D eigenvalue weighted by Crippen LogP contribution is -2.44. The molecule has 2 unspecified atom stereocenters. The fourth-order valence-electron chi connectivity index (χ4n) is 3.06. The number of aliphatic hydroxyl groups excluding tert-OH is 1. The summed E-state index contributed by atoms with van der Waals surface area (Å²) in [7, 11) is 1.84. The molecule has 1 aliphatic heterocycles. The lowest BCUT2D eigenvalue weighted by Gasteiger charge is -2.34. The van der Waals surface area contributed by atoms with Crippen molar-refractivity contribution in [2.24, 2.45) is 13.0 Å². The van der Waals surface area contributed by atoms with Crippen molar-refractivity contribution in [1.29, 1.82) is 0 Å². The molecular formula is C17H21FN4O2. The molecule has 6 nitrogen and oxygen atoms in total. The molecule has 0 saturated carbocycles. The summed E-state index contributed by atoms with van der Waals surface area (Å²) in [5.41, 5.74) is 0.549.